The van der Waals surface area contributed by atoms with E-state index in [1.807, 2.05) is 30.0 Å². The number of nitrogens with zero attached hydrogens (tertiary/aromatic N) is 1. The molecule has 0 radical (unpaired) electrons. The van der Waals surface area contributed by atoms with Gasteiger partial charge in [0, 0.05) is 12.1 Å². The van der Waals surface area contributed by atoms with Crippen molar-refractivity contribution in [2.24, 2.45) is 5.92 Å². The first-order chi connectivity index (χ1) is 11.5. The summed E-state index contributed by atoms with van der Waals surface area (Å²) in [6.07, 6.45) is 1.72. The van der Waals surface area contributed by atoms with Crippen LogP contribution in [0, 0.1) is 5.92 Å². The maximum Gasteiger partial charge on any atom is 0.317 e. The smallest absolute Gasteiger partial charge is 0.317 e. The molecule has 3 atom stereocenters. The van der Waals surface area contributed by atoms with E-state index in [2.05, 4.69) is 11.9 Å². The first-order valence-corrected chi connectivity index (χ1v) is 8.01. The van der Waals surface area contributed by atoms with Gasteiger partial charge in [0.2, 0.25) is 0 Å². The van der Waals surface area contributed by atoms with Crippen molar-refractivity contribution in [1.29, 1.82) is 0 Å². The van der Waals surface area contributed by atoms with Crippen LogP contribution in [0.25, 0.3) is 0 Å². The van der Waals surface area contributed by atoms with Crippen LogP contribution in [0.5, 0.6) is 11.5 Å². The zero-order chi connectivity index (χ0) is 17.5. The van der Waals surface area contributed by atoms with Crippen molar-refractivity contribution in [2.45, 2.75) is 18.7 Å². The van der Waals surface area contributed by atoms with E-state index in [0.717, 1.165) is 5.56 Å². The minimum atomic E-state index is -1.00. The first-order valence-electron chi connectivity index (χ1n) is 7.60. The molecule has 0 aromatic heterocycles. The predicted molar refractivity (Wildman–Crippen MR) is 92.9 cm³/mol. The van der Waals surface area contributed by atoms with Gasteiger partial charge in [0.05, 0.1) is 20.3 Å². The summed E-state index contributed by atoms with van der Waals surface area (Å²) in [7, 11) is 2.96. The highest BCUT2D eigenvalue weighted by atomic mass is 32.1. The number of hydrogen-bond acceptors (Lipinski definition) is 5. The average molecular weight is 348 g/mol. The van der Waals surface area contributed by atoms with Crippen molar-refractivity contribution in [3.05, 3.63) is 36.4 Å². The molecule has 0 spiro atoms. The second kappa shape index (κ2) is 5.98. The van der Waals surface area contributed by atoms with Crippen LogP contribution in [-0.2, 0) is 9.53 Å². The van der Waals surface area contributed by atoms with Crippen LogP contribution in [0.4, 0.5) is 0 Å². The van der Waals surface area contributed by atoms with Gasteiger partial charge in [-0.2, -0.15) is 0 Å². The molecule has 7 heteroatoms. The molecule has 24 heavy (non-hydrogen) atoms. The molecule has 2 heterocycles. The molecule has 3 unspecified atom stereocenters. The molecule has 0 saturated carbocycles. The second-order valence-corrected chi connectivity index (χ2v) is 6.25. The Balaban J connectivity index is 2.21. The van der Waals surface area contributed by atoms with Crippen LogP contribution in [-0.4, -0.2) is 42.5 Å². The van der Waals surface area contributed by atoms with Gasteiger partial charge in [0.25, 0.3) is 0 Å². The Morgan fingerprint density at radius 1 is 1.54 bits per heavy atom. The molecule has 1 N–H and O–H groups in total. The number of rotatable bonds is 4. The van der Waals surface area contributed by atoms with E-state index in [9.17, 15) is 4.79 Å². The van der Waals surface area contributed by atoms with Crippen molar-refractivity contribution >= 4 is 23.3 Å². The maximum atomic E-state index is 12.5. The Morgan fingerprint density at radius 2 is 2.29 bits per heavy atom. The summed E-state index contributed by atoms with van der Waals surface area (Å²) in [5.41, 5.74) is -0.182. The largest absolute Gasteiger partial charge is 0.493 e. The molecular weight excluding hydrogens is 328 g/mol. The van der Waals surface area contributed by atoms with Crippen molar-refractivity contribution in [3.63, 3.8) is 0 Å². The van der Waals surface area contributed by atoms with Crippen molar-refractivity contribution in [1.82, 2.24) is 10.2 Å². The van der Waals surface area contributed by atoms with E-state index < -0.39 is 11.6 Å². The zero-order valence-corrected chi connectivity index (χ0v) is 14.7. The van der Waals surface area contributed by atoms with E-state index in [-0.39, 0.29) is 12.0 Å². The van der Waals surface area contributed by atoms with Gasteiger partial charge in [-0.15, -0.1) is 6.58 Å². The Bertz CT molecular complexity index is 708. The highest BCUT2D eigenvalue weighted by Gasteiger charge is 2.59. The maximum absolute atomic E-state index is 12.5. The number of fused-ring (bicyclic) bond motifs is 4. The van der Waals surface area contributed by atoms with Crippen molar-refractivity contribution in [3.8, 4) is 11.5 Å². The fourth-order valence-electron chi connectivity index (χ4n) is 3.48. The summed E-state index contributed by atoms with van der Waals surface area (Å²) in [6.45, 7) is 6.05. The Labute approximate surface area is 146 Å². The van der Waals surface area contributed by atoms with Gasteiger partial charge in [-0.1, -0.05) is 18.2 Å². The SMILES string of the molecule is C=CCN1C(=S)NC2c3cccc(OC)c3OC1(C)C2C(=O)OC. The molecule has 6 nitrogen and oxygen atoms in total. The van der Waals surface area contributed by atoms with Crippen LogP contribution in [0.2, 0.25) is 0 Å². The molecule has 3 rings (SSSR count). The molecule has 0 amide bonds. The summed E-state index contributed by atoms with van der Waals surface area (Å²) in [5, 5.41) is 3.76. The van der Waals surface area contributed by atoms with Gasteiger partial charge in [0.15, 0.2) is 22.3 Å². The third kappa shape index (κ3) is 2.23. The number of nitrogens with one attached hydrogen (secondary N) is 1. The Hall–Kier alpha value is -2.28. The molecule has 1 aromatic carbocycles. The van der Waals surface area contributed by atoms with E-state index in [0.29, 0.717) is 23.2 Å². The third-order valence-corrected chi connectivity index (χ3v) is 4.95. The first kappa shape index (κ1) is 16.6. The van der Waals surface area contributed by atoms with Gasteiger partial charge < -0.3 is 24.4 Å². The third-order valence-electron chi connectivity index (χ3n) is 4.61. The number of ether oxygens (including phenoxy) is 3. The van der Waals surface area contributed by atoms with E-state index >= 15 is 0 Å². The number of carbonyl (C=O) groups excluding carboxylic acids is 1. The van der Waals surface area contributed by atoms with Crippen molar-refractivity contribution in [2.75, 3.05) is 20.8 Å². The fourth-order valence-corrected chi connectivity index (χ4v) is 3.86. The highest BCUT2D eigenvalue weighted by molar-refractivity contribution is 7.80. The highest BCUT2D eigenvalue weighted by Crippen LogP contribution is 2.51. The Morgan fingerprint density at radius 3 is 2.92 bits per heavy atom. The molecule has 1 fully saturated rings. The molecular formula is C17H20N2O4S. The standard InChI is InChI=1S/C17H20N2O4S/c1-5-9-19-16(24)18-13-10-7-6-8-11(21-3)14(10)23-17(19,2)12(13)15(20)22-4/h5-8,12-13H,1,9H2,2-4H3,(H,18,24). The fraction of sp³-hybridized carbons (Fsp3) is 0.412. The molecule has 1 saturated heterocycles. The number of hydrogen-bond donors (Lipinski definition) is 1. The number of methoxy groups -OCH3 is 2. The van der Waals surface area contributed by atoms with Gasteiger partial charge in [-0.25, -0.2) is 0 Å². The van der Waals surface area contributed by atoms with Crippen LogP contribution >= 0.6 is 12.2 Å². The molecule has 128 valence electrons. The lowest BCUT2D eigenvalue weighted by Crippen LogP contribution is -2.71. The monoisotopic (exact) mass is 348 g/mol. The van der Waals surface area contributed by atoms with E-state index in [1.54, 1.807) is 13.2 Å². The summed E-state index contributed by atoms with van der Waals surface area (Å²) in [5.74, 6) is 0.269. The lowest BCUT2D eigenvalue weighted by Gasteiger charge is -2.55. The average Bonchev–Trinajstić information content (AvgIpc) is 2.57. The topological polar surface area (TPSA) is 60.0 Å². The van der Waals surface area contributed by atoms with Crippen LogP contribution in [0.3, 0.4) is 0 Å². The molecule has 2 aliphatic heterocycles. The van der Waals surface area contributed by atoms with Gasteiger partial charge in [-0.3, -0.25) is 4.79 Å². The minimum Gasteiger partial charge on any atom is -0.493 e. The minimum absolute atomic E-state index is 0.352. The second-order valence-electron chi connectivity index (χ2n) is 5.86. The van der Waals surface area contributed by atoms with Crippen molar-refractivity contribution < 1.29 is 19.0 Å². The summed E-state index contributed by atoms with van der Waals surface area (Å²) in [4.78, 5) is 14.3. The van der Waals surface area contributed by atoms with Gasteiger partial charge in [-0.05, 0) is 25.2 Å². The lowest BCUT2D eigenvalue weighted by molar-refractivity contribution is -0.172. The number of benzene rings is 1. The summed E-state index contributed by atoms with van der Waals surface area (Å²) >= 11 is 5.49. The van der Waals surface area contributed by atoms with Gasteiger partial charge in [0.1, 0.15) is 5.92 Å². The molecule has 0 aliphatic carbocycles. The summed E-state index contributed by atoms with van der Waals surface area (Å²) < 4.78 is 16.8. The van der Waals surface area contributed by atoms with Crippen LogP contribution in [0.15, 0.2) is 30.9 Å². The number of esters is 1. The Kier molecular flexibility index (Phi) is 4.13. The number of para-hydroxylation sites is 1. The van der Waals surface area contributed by atoms with Crippen LogP contribution in [0.1, 0.15) is 18.5 Å². The summed E-state index contributed by atoms with van der Waals surface area (Å²) in [6, 6.07) is 5.23. The van der Waals surface area contributed by atoms with E-state index in [1.165, 1.54) is 7.11 Å². The quantitative estimate of drug-likeness (QED) is 0.507. The molecule has 1 aromatic rings. The normalized spacial score (nSPS) is 27.5. The molecule has 2 aliphatic rings. The van der Waals surface area contributed by atoms with Crippen LogP contribution < -0.4 is 14.8 Å². The zero-order valence-electron chi connectivity index (χ0n) is 13.9. The van der Waals surface area contributed by atoms with E-state index in [4.69, 9.17) is 26.4 Å². The number of thiocarbonyl (C=S) groups is 1. The number of carbonyl (C=O) groups is 1. The van der Waals surface area contributed by atoms with Gasteiger partial charge >= 0.3 is 5.97 Å². The lowest BCUT2D eigenvalue weighted by atomic mass is 9.79. The molecule has 2 bridgehead atoms. The predicted octanol–water partition coefficient (Wildman–Crippen LogP) is 2.01.